The number of fused-ring (bicyclic) bond motifs is 1. The molecule has 13 heteroatoms. The van der Waals surface area contributed by atoms with Crippen molar-refractivity contribution in [2.75, 3.05) is 32.6 Å². The van der Waals surface area contributed by atoms with Crippen LogP contribution in [0, 0.1) is 29.1 Å². The van der Waals surface area contributed by atoms with E-state index in [0.29, 0.717) is 36.6 Å². The van der Waals surface area contributed by atoms with Crippen LogP contribution in [0.2, 0.25) is 0 Å². The second kappa shape index (κ2) is 14.5. The van der Waals surface area contributed by atoms with Crippen LogP contribution in [-0.4, -0.2) is 49.3 Å². The zero-order chi connectivity index (χ0) is 34.8. The summed E-state index contributed by atoms with van der Waals surface area (Å²) in [5, 5.41) is 11.7. The molecule has 0 radical (unpaired) electrons. The van der Waals surface area contributed by atoms with Gasteiger partial charge in [-0.25, -0.2) is 22.0 Å². The van der Waals surface area contributed by atoms with Crippen molar-refractivity contribution in [3.05, 3.63) is 123 Å². The Balaban J connectivity index is 1.20. The van der Waals surface area contributed by atoms with E-state index >= 15 is 0 Å². The van der Waals surface area contributed by atoms with Crippen LogP contribution in [-0.2, 0) is 29.0 Å². The summed E-state index contributed by atoms with van der Waals surface area (Å²) >= 11 is 0. The second-order valence-corrected chi connectivity index (χ2v) is 11.8. The topological polar surface area (TPSA) is 89.5 Å². The van der Waals surface area contributed by atoms with Crippen LogP contribution < -0.4 is 14.8 Å². The molecule has 3 atom stereocenters. The summed E-state index contributed by atoms with van der Waals surface area (Å²) in [4.78, 5) is 14.8. The fraction of sp³-hybridized carbons (Fsp3) is 0.306. The van der Waals surface area contributed by atoms with Gasteiger partial charge in [-0.05, 0) is 52.9 Å². The van der Waals surface area contributed by atoms with Gasteiger partial charge in [-0.1, -0.05) is 36.4 Å². The fourth-order valence-electron chi connectivity index (χ4n) is 6.14. The number of nitrogens with zero attached hydrogens (tertiary/aromatic N) is 1. The Hall–Kier alpha value is -4.56. The first-order valence-corrected chi connectivity index (χ1v) is 15.5. The summed E-state index contributed by atoms with van der Waals surface area (Å²) in [6, 6.07) is 17.4. The predicted octanol–water partition coefficient (Wildman–Crippen LogP) is 6.75. The van der Waals surface area contributed by atoms with E-state index < -0.39 is 46.8 Å². The van der Waals surface area contributed by atoms with Gasteiger partial charge in [-0.15, -0.1) is 0 Å². The number of ether oxygens (including phenoxy) is 4. The molecule has 2 N–H and O–H groups in total. The maximum atomic E-state index is 14.2. The monoisotopic (exact) mass is 684 g/mol. The smallest absolute Gasteiger partial charge is 0.261 e. The van der Waals surface area contributed by atoms with Gasteiger partial charge in [-0.3, -0.25) is 9.69 Å². The van der Waals surface area contributed by atoms with E-state index in [1.165, 1.54) is 17.7 Å². The summed E-state index contributed by atoms with van der Waals surface area (Å²) in [5.74, 6) is -11.4. The first-order chi connectivity index (χ1) is 23.6. The number of rotatable bonds is 9. The SMILES string of the molecule is COc1cc2c(cc1OC)CN(CC1CC(c3ccc(CO)cc3)OC(c3ccc(NC(=O)c4c(F)c(F)c(F)c(F)c4F)cc3)O1)CC2. The lowest BCUT2D eigenvalue weighted by molar-refractivity contribution is -0.253. The molecule has 1 saturated heterocycles. The van der Waals surface area contributed by atoms with Gasteiger partial charge in [0, 0.05) is 37.3 Å². The second-order valence-electron chi connectivity index (χ2n) is 11.8. The van der Waals surface area contributed by atoms with E-state index in [-0.39, 0.29) is 24.5 Å². The molecule has 258 valence electrons. The van der Waals surface area contributed by atoms with Gasteiger partial charge >= 0.3 is 0 Å². The van der Waals surface area contributed by atoms with Crippen molar-refractivity contribution in [3.63, 3.8) is 0 Å². The zero-order valence-corrected chi connectivity index (χ0v) is 26.6. The number of hydrogen-bond donors (Lipinski definition) is 2. The summed E-state index contributed by atoms with van der Waals surface area (Å²) in [7, 11) is 3.21. The van der Waals surface area contributed by atoms with E-state index in [1.54, 1.807) is 26.4 Å². The average Bonchev–Trinajstić information content (AvgIpc) is 3.12. The molecule has 1 amide bonds. The standard InChI is InChI=1S/C36H33F5N2O6/c1-46-27-13-22-11-12-43(16-23(22)14-28(27)47-2)17-25-15-26(20-5-3-19(18-44)4-6-20)49-36(48-25)21-7-9-24(10-8-21)42-35(45)29-30(37)32(39)34(41)33(40)31(29)38/h3-10,13-14,25-26,36,44H,11-12,15-18H2,1-2H3,(H,42,45). The lowest BCUT2D eigenvalue weighted by Crippen LogP contribution is -2.41. The van der Waals surface area contributed by atoms with E-state index in [4.69, 9.17) is 18.9 Å². The fourth-order valence-corrected chi connectivity index (χ4v) is 6.14. The summed E-state index contributed by atoms with van der Waals surface area (Å²) in [6.45, 7) is 1.96. The van der Waals surface area contributed by atoms with Gasteiger partial charge in [0.1, 0.15) is 5.56 Å². The molecule has 0 aliphatic carbocycles. The van der Waals surface area contributed by atoms with Crippen molar-refractivity contribution in [2.45, 2.75) is 44.5 Å². The number of methoxy groups -OCH3 is 2. The number of carbonyl (C=O) groups excluding carboxylic acids is 1. The van der Waals surface area contributed by atoms with Gasteiger partial charge < -0.3 is 29.4 Å². The number of halogens is 5. The van der Waals surface area contributed by atoms with Crippen molar-refractivity contribution < 1.29 is 50.8 Å². The molecule has 0 saturated carbocycles. The van der Waals surface area contributed by atoms with Crippen molar-refractivity contribution in [1.29, 1.82) is 0 Å². The molecule has 0 spiro atoms. The van der Waals surface area contributed by atoms with Gasteiger partial charge in [-0.2, -0.15) is 0 Å². The van der Waals surface area contributed by atoms with Crippen LogP contribution in [0.5, 0.6) is 11.5 Å². The molecule has 8 nitrogen and oxygen atoms in total. The first-order valence-electron chi connectivity index (χ1n) is 15.5. The van der Waals surface area contributed by atoms with Crippen LogP contribution in [0.3, 0.4) is 0 Å². The molecular formula is C36H33F5N2O6. The first kappa shape index (κ1) is 34.3. The highest BCUT2D eigenvalue weighted by atomic mass is 19.2. The van der Waals surface area contributed by atoms with Crippen molar-refractivity contribution >= 4 is 11.6 Å². The van der Waals surface area contributed by atoms with Crippen molar-refractivity contribution in [2.24, 2.45) is 0 Å². The summed E-state index contributed by atoms with van der Waals surface area (Å²) in [6.07, 6.45) is -0.127. The Bertz CT molecular complexity index is 1810. The van der Waals surface area contributed by atoms with E-state index in [9.17, 15) is 31.9 Å². The molecule has 4 aromatic rings. The number of aliphatic hydroxyl groups excluding tert-OH is 1. The number of aliphatic hydroxyl groups is 1. The Kier molecular flexibility index (Phi) is 10.2. The normalized spacial score (nSPS) is 19.3. The van der Waals surface area contributed by atoms with E-state index in [0.717, 1.165) is 29.7 Å². The van der Waals surface area contributed by atoms with Gasteiger partial charge in [0.15, 0.2) is 41.1 Å². The number of amides is 1. The minimum absolute atomic E-state index is 0.0419. The Morgan fingerprint density at radius 2 is 1.43 bits per heavy atom. The van der Waals surface area contributed by atoms with Crippen LogP contribution in [0.4, 0.5) is 27.6 Å². The van der Waals surface area contributed by atoms with Crippen LogP contribution in [0.1, 0.15) is 57.0 Å². The molecular weight excluding hydrogens is 651 g/mol. The van der Waals surface area contributed by atoms with Gasteiger partial charge in [0.25, 0.3) is 5.91 Å². The van der Waals surface area contributed by atoms with Crippen molar-refractivity contribution in [1.82, 2.24) is 4.90 Å². The molecule has 49 heavy (non-hydrogen) atoms. The van der Waals surface area contributed by atoms with Crippen molar-refractivity contribution in [3.8, 4) is 11.5 Å². The number of anilines is 1. The molecule has 0 aromatic heterocycles. The molecule has 3 unspecified atom stereocenters. The third-order valence-corrected chi connectivity index (χ3v) is 8.75. The highest BCUT2D eigenvalue weighted by Gasteiger charge is 2.34. The predicted molar refractivity (Wildman–Crippen MR) is 168 cm³/mol. The van der Waals surface area contributed by atoms with Gasteiger partial charge in [0.2, 0.25) is 5.82 Å². The molecule has 4 aromatic carbocycles. The third kappa shape index (κ3) is 7.11. The maximum Gasteiger partial charge on any atom is 0.261 e. The lowest BCUT2D eigenvalue weighted by Gasteiger charge is -2.39. The number of benzene rings is 4. The highest BCUT2D eigenvalue weighted by molar-refractivity contribution is 6.04. The van der Waals surface area contributed by atoms with E-state index in [2.05, 4.69) is 10.2 Å². The molecule has 6 rings (SSSR count). The summed E-state index contributed by atoms with van der Waals surface area (Å²) in [5.41, 5.74) is 2.99. The third-order valence-electron chi connectivity index (χ3n) is 8.75. The van der Waals surface area contributed by atoms with Crippen LogP contribution in [0.15, 0.2) is 60.7 Å². The molecule has 2 aliphatic heterocycles. The minimum Gasteiger partial charge on any atom is -0.493 e. The highest BCUT2D eigenvalue weighted by Crippen LogP contribution is 2.39. The van der Waals surface area contributed by atoms with Crippen LogP contribution in [0.25, 0.3) is 0 Å². The molecule has 2 heterocycles. The quantitative estimate of drug-likeness (QED) is 0.115. The lowest BCUT2D eigenvalue weighted by atomic mass is 9.97. The Labute approximate surface area is 279 Å². The molecule has 1 fully saturated rings. The molecule has 2 aliphatic rings. The average molecular weight is 685 g/mol. The van der Waals surface area contributed by atoms with Crippen LogP contribution >= 0.6 is 0 Å². The number of nitrogens with one attached hydrogen (secondary N) is 1. The van der Waals surface area contributed by atoms with Gasteiger partial charge in [0.05, 0.1) is 33.0 Å². The number of carbonyl (C=O) groups is 1. The van der Waals surface area contributed by atoms with E-state index in [1.807, 2.05) is 36.4 Å². The minimum atomic E-state index is -2.35. The zero-order valence-electron chi connectivity index (χ0n) is 26.6. The largest absolute Gasteiger partial charge is 0.493 e. The summed E-state index contributed by atoms with van der Waals surface area (Å²) < 4.78 is 92.9. The number of hydrogen-bond acceptors (Lipinski definition) is 7. The maximum absolute atomic E-state index is 14.2. The molecule has 0 bridgehead atoms. The Morgan fingerprint density at radius 1 is 0.837 bits per heavy atom. The Morgan fingerprint density at radius 3 is 2.04 bits per heavy atom.